The average molecular weight is 573 g/mol. The number of aromatic nitrogens is 2. The van der Waals surface area contributed by atoms with Crippen molar-refractivity contribution in [2.75, 3.05) is 12.4 Å². The molecule has 12 heteroatoms. The van der Waals surface area contributed by atoms with Crippen molar-refractivity contribution in [1.29, 1.82) is 0 Å². The van der Waals surface area contributed by atoms with E-state index in [1.165, 1.54) is 36.4 Å². The van der Waals surface area contributed by atoms with E-state index >= 15 is 0 Å². The van der Waals surface area contributed by atoms with E-state index in [1.807, 2.05) is 0 Å². The third kappa shape index (κ3) is 5.72. The number of nitrogens with one attached hydrogen (secondary N) is 1. The number of nitrogens with zero attached hydrogens (tertiary/aromatic N) is 1. The Hall–Kier alpha value is -2.79. The van der Waals surface area contributed by atoms with Crippen molar-refractivity contribution in [3.63, 3.8) is 0 Å². The molecule has 2 N–H and O–H groups in total. The number of aliphatic hydroxyl groups is 1. The summed E-state index contributed by atoms with van der Waals surface area (Å²) in [7, 11) is -3.40. The fraction of sp³-hybridized carbons (Fsp3) is 0.240. The summed E-state index contributed by atoms with van der Waals surface area (Å²) in [5, 5.41) is 10.2. The first kappa shape index (κ1) is 27.3. The summed E-state index contributed by atoms with van der Waals surface area (Å²) >= 11 is 13.0. The number of halogens is 5. The van der Waals surface area contributed by atoms with Crippen molar-refractivity contribution in [2.24, 2.45) is 0 Å². The molecule has 4 rings (SSSR count). The SMILES string of the molecule is CCCS(=O)(=O)c1ccc(C(CO)c2nc3c(Cl)c(-c4ccccc4OC(F)(F)F)c(Cl)cc3[nH]2)cc1. The van der Waals surface area contributed by atoms with E-state index in [0.717, 1.165) is 6.07 Å². The van der Waals surface area contributed by atoms with Gasteiger partial charge in [-0.2, -0.15) is 0 Å². The monoisotopic (exact) mass is 572 g/mol. The molecule has 0 amide bonds. The number of benzene rings is 3. The number of ether oxygens (including phenoxy) is 1. The second kappa shape index (κ2) is 10.5. The number of imidazole rings is 1. The van der Waals surface area contributed by atoms with Crippen LogP contribution in [0.3, 0.4) is 0 Å². The van der Waals surface area contributed by atoms with E-state index in [-0.39, 0.29) is 43.9 Å². The van der Waals surface area contributed by atoms with Gasteiger partial charge in [0.15, 0.2) is 9.84 Å². The maximum atomic E-state index is 12.9. The number of H-pyrrole nitrogens is 1. The quantitative estimate of drug-likeness (QED) is 0.244. The van der Waals surface area contributed by atoms with Gasteiger partial charge in [-0.05, 0) is 36.2 Å². The lowest BCUT2D eigenvalue weighted by atomic mass is 9.99. The van der Waals surface area contributed by atoms with Crippen LogP contribution in [0.1, 0.15) is 30.7 Å². The van der Waals surface area contributed by atoms with E-state index in [9.17, 15) is 26.7 Å². The van der Waals surface area contributed by atoms with Gasteiger partial charge < -0.3 is 14.8 Å². The highest BCUT2D eigenvalue weighted by atomic mass is 35.5. The van der Waals surface area contributed by atoms with Gasteiger partial charge in [0.05, 0.1) is 38.7 Å². The van der Waals surface area contributed by atoms with Crippen LogP contribution in [0.5, 0.6) is 5.75 Å². The van der Waals surface area contributed by atoms with Gasteiger partial charge in [-0.3, -0.25) is 0 Å². The lowest BCUT2D eigenvalue weighted by Gasteiger charge is -2.15. The predicted octanol–water partition coefficient (Wildman–Crippen LogP) is 6.74. The Morgan fingerprint density at radius 1 is 1.11 bits per heavy atom. The number of alkyl halides is 3. The van der Waals surface area contributed by atoms with E-state index in [1.54, 1.807) is 19.1 Å². The lowest BCUT2D eigenvalue weighted by molar-refractivity contribution is -0.274. The smallest absolute Gasteiger partial charge is 0.405 e. The molecule has 1 aromatic heterocycles. The summed E-state index contributed by atoms with van der Waals surface area (Å²) in [5.74, 6) is -0.788. The Bertz CT molecular complexity index is 1540. The Balaban J connectivity index is 1.77. The third-order valence-electron chi connectivity index (χ3n) is 5.70. The van der Waals surface area contributed by atoms with Crippen molar-refractivity contribution >= 4 is 44.1 Å². The fourth-order valence-corrected chi connectivity index (χ4v) is 6.07. The molecule has 4 aromatic rings. The number of para-hydroxylation sites is 1. The number of hydrogen-bond acceptors (Lipinski definition) is 5. The van der Waals surface area contributed by atoms with Gasteiger partial charge in [0.1, 0.15) is 17.1 Å². The average Bonchev–Trinajstić information content (AvgIpc) is 3.24. The van der Waals surface area contributed by atoms with Gasteiger partial charge in [-0.1, -0.05) is 60.5 Å². The number of fused-ring (bicyclic) bond motifs is 1. The predicted molar refractivity (Wildman–Crippen MR) is 136 cm³/mol. The summed E-state index contributed by atoms with van der Waals surface area (Å²) in [6.45, 7) is 1.42. The first-order valence-corrected chi connectivity index (χ1v) is 13.5. The molecule has 196 valence electrons. The summed E-state index contributed by atoms with van der Waals surface area (Å²) in [6, 6.07) is 13.1. The molecule has 0 aliphatic rings. The molecule has 0 saturated heterocycles. The molecule has 0 bridgehead atoms. The molecule has 37 heavy (non-hydrogen) atoms. The second-order valence-electron chi connectivity index (χ2n) is 8.23. The Labute approximate surface area is 220 Å². The standard InChI is InChI=1S/C25H21Cl2F3N2O4S/c1-2-11-37(34,35)15-9-7-14(8-10-15)17(13-33)24-31-19-12-18(26)21(22(27)23(19)32-24)16-5-3-4-6-20(16)36-25(28,29)30/h3-10,12,17,33H,2,11,13H2,1H3,(H,31,32). The zero-order chi connectivity index (χ0) is 27.0. The number of rotatable bonds is 8. The Morgan fingerprint density at radius 2 is 1.78 bits per heavy atom. The van der Waals surface area contributed by atoms with Crippen molar-refractivity contribution < 1.29 is 31.4 Å². The van der Waals surface area contributed by atoms with E-state index in [0.29, 0.717) is 23.3 Å². The second-order valence-corrected chi connectivity index (χ2v) is 11.1. The summed E-state index contributed by atoms with van der Waals surface area (Å²) in [5.41, 5.74) is 1.38. The van der Waals surface area contributed by atoms with Crippen LogP contribution in [-0.2, 0) is 9.84 Å². The summed E-state index contributed by atoms with van der Waals surface area (Å²) in [6.07, 6.45) is -4.43. The van der Waals surface area contributed by atoms with Crippen LogP contribution < -0.4 is 4.74 Å². The molecule has 0 saturated carbocycles. The van der Waals surface area contributed by atoms with Gasteiger partial charge in [0.25, 0.3) is 0 Å². The Morgan fingerprint density at radius 3 is 2.41 bits per heavy atom. The first-order valence-electron chi connectivity index (χ1n) is 11.1. The minimum absolute atomic E-state index is 0.000853. The molecule has 0 fully saturated rings. The molecular formula is C25H21Cl2F3N2O4S. The maximum absolute atomic E-state index is 12.9. The first-order chi connectivity index (χ1) is 17.4. The highest BCUT2D eigenvalue weighted by Gasteiger charge is 2.33. The van der Waals surface area contributed by atoms with E-state index in [2.05, 4.69) is 14.7 Å². The zero-order valence-electron chi connectivity index (χ0n) is 19.3. The van der Waals surface area contributed by atoms with E-state index in [4.69, 9.17) is 23.2 Å². The minimum atomic E-state index is -4.92. The van der Waals surface area contributed by atoms with Crippen LogP contribution in [0.4, 0.5) is 13.2 Å². The maximum Gasteiger partial charge on any atom is 0.573 e. The minimum Gasteiger partial charge on any atom is -0.405 e. The summed E-state index contributed by atoms with van der Waals surface area (Å²) in [4.78, 5) is 7.74. The number of hydrogen-bond donors (Lipinski definition) is 2. The fourth-order valence-electron chi connectivity index (χ4n) is 4.04. The highest BCUT2D eigenvalue weighted by molar-refractivity contribution is 7.91. The van der Waals surface area contributed by atoms with Gasteiger partial charge >= 0.3 is 6.36 Å². The van der Waals surface area contributed by atoms with Crippen molar-refractivity contribution in [3.05, 3.63) is 76.0 Å². The third-order valence-corrected chi connectivity index (χ3v) is 8.30. The Kier molecular flexibility index (Phi) is 7.75. The van der Waals surface area contributed by atoms with Crippen molar-refractivity contribution in [3.8, 4) is 16.9 Å². The molecule has 0 spiro atoms. The number of aromatic amines is 1. The molecular weight excluding hydrogens is 552 g/mol. The van der Waals surface area contributed by atoms with E-state index < -0.39 is 27.9 Å². The van der Waals surface area contributed by atoms with Crippen LogP contribution in [0.25, 0.3) is 22.2 Å². The molecule has 3 aromatic carbocycles. The van der Waals surface area contributed by atoms with Gasteiger partial charge in [-0.25, -0.2) is 13.4 Å². The van der Waals surface area contributed by atoms with Gasteiger partial charge in [0.2, 0.25) is 0 Å². The van der Waals surface area contributed by atoms with Crippen LogP contribution in [0.2, 0.25) is 10.0 Å². The molecule has 0 aliphatic carbocycles. The molecule has 1 unspecified atom stereocenters. The lowest BCUT2D eigenvalue weighted by Crippen LogP contribution is -2.17. The zero-order valence-corrected chi connectivity index (χ0v) is 21.6. The molecule has 6 nitrogen and oxygen atoms in total. The van der Waals surface area contributed by atoms with Crippen LogP contribution in [0.15, 0.2) is 59.5 Å². The molecule has 1 atom stereocenters. The van der Waals surface area contributed by atoms with Crippen LogP contribution >= 0.6 is 23.2 Å². The summed E-state index contributed by atoms with van der Waals surface area (Å²) < 4.78 is 67.6. The van der Waals surface area contributed by atoms with Gasteiger partial charge in [0, 0.05) is 11.1 Å². The molecule has 0 aliphatic heterocycles. The van der Waals surface area contributed by atoms with Crippen molar-refractivity contribution in [2.45, 2.75) is 30.5 Å². The highest BCUT2D eigenvalue weighted by Crippen LogP contribution is 2.44. The largest absolute Gasteiger partial charge is 0.573 e. The molecule has 0 radical (unpaired) electrons. The number of sulfone groups is 1. The normalized spacial score (nSPS) is 13.2. The topological polar surface area (TPSA) is 92.3 Å². The van der Waals surface area contributed by atoms with Crippen LogP contribution in [-0.4, -0.2) is 42.2 Å². The van der Waals surface area contributed by atoms with Gasteiger partial charge in [-0.15, -0.1) is 13.2 Å². The molecule has 1 heterocycles. The van der Waals surface area contributed by atoms with Crippen LogP contribution in [0, 0.1) is 0 Å². The van der Waals surface area contributed by atoms with Crippen molar-refractivity contribution in [1.82, 2.24) is 9.97 Å². The number of aliphatic hydroxyl groups excluding tert-OH is 1.